The number of hydrogen-bond donors (Lipinski definition) is 1. The zero-order valence-electron chi connectivity index (χ0n) is 17.0. The fraction of sp³-hybridized carbons (Fsp3) is 0.625. The van der Waals surface area contributed by atoms with Crippen molar-refractivity contribution in [2.75, 3.05) is 0 Å². The fourth-order valence-electron chi connectivity index (χ4n) is 2.50. The zero-order chi connectivity index (χ0) is 29.9. The lowest BCUT2D eigenvalue weighted by atomic mass is 9.87. The number of primary sulfonamides is 1. The molecule has 1 aromatic carbocycles. The van der Waals surface area contributed by atoms with Crippen molar-refractivity contribution in [3.05, 3.63) is 29.8 Å². The van der Waals surface area contributed by atoms with Crippen LogP contribution < -0.4 is 5.14 Å². The number of rotatable bonds is 10. The number of halogens is 17. The molecule has 0 bridgehead atoms. The highest BCUT2D eigenvalue weighted by Crippen LogP contribution is 2.64. The largest absolute Gasteiger partial charge is 0.460 e. The normalized spacial score (nSPS) is 15.7. The first kappa shape index (κ1) is 33.0. The van der Waals surface area contributed by atoms with E-state index in [4.69, 9.17) is 0 Å². The number of benzene rings is 1. The third kappa shape index (κ3) is 5.03. The summed E-state index contributed by atoms with van der Waals surface area (Å²) >= 11 is 0. The van der Waals surface area contributed by atoms with E-state index in [2.05, 4.69) is 5.14 Å². The van der Waals surface area contributed by atoms with E-state index in [0.29, 0.717) is 24.3 Å². The predicted octanol–water partition coefficient (Wildman–Crippen LogP) is 6.28. The van der Waals surface area contributed by atoms with Gasteiger partial charge in [-0.1, -0.05) is 12.1 Å². The van der Waals surface area contributed by atoms with E-state index in [9.17, 15) is 83.1 Å². The van der Waals surface area contributed by atoms with E-state index >= 15 is 0 Å². The van der Waals surface area contributed by atoms with E-state index < -0.39 is 81.0 Å². The highest BCUT2D eigenvalue weighted by molar-refractivity contribution is 7.89. The molecule has 0 aliphatic carbocycles. The van der Waals surface area contributed by atoms with Gasteiger partial charge >= 0.3 is 47.6 Å². The number of hydrogen-bond acceptors (Lipinski definition) is 2. The Morgan fingerprint density at radius 1 is 0.541 bits per heavy atom. The summed E-state index contributed by atoms with van der Waals surface area (Å²) in [6, 6.07) is 2.31. The van der Waals surface area contributed by atoms with Crippen molar-refractivity contribution in [2.45, 2.75) is 65.4 Å². The molecule has 0 saturated heterocycles. The molecule has 0 aliphatic rings. The Bertz CT molecular complexity index is 1080. The summed E-state index contributed by atoms with van der Waals surface area (Å²) in [6.45, 7) is 0. The molecule has 0 atom stereocenters. The summed E-state index contributed by atoms with van der Waals surface area (Å²) < 4.78 is 247. The molecule has 216 valence electrons. The Hall–Kier alpha value is -2.06. The second-order valence-corrected chi connectivity index (χ2v) is 8.90. The maximum absolute atomic E-state index is 13.8. The summed E-state index contributed by atoms with van der Waals surface area (Å²) in [5.74, 6) is -56.7. The van der Waals surface area contributed by atoms with Crippen LogP contribution in [0, 0.1) is 0 Å². The van der Waals surface area contributed by atoms with Gasteiger partial charge in [-0.25, -0.2) is 13.6 Å². The van der Waals surface area contributed by atoms with Crippen LogP contribution in [-0.2, 0) is 16.4 Å². The molecule has 1 rings (SSSR count). The van der Waals surface area contributed by atoms with Crippen molar-refractivity contribution < 1.29 is 83.1 Å². The lowest BCUT2D eigenvalue weighted by molar-refractivity contribution is -0.461. The van der Waals surface area contributed by atoms with Gasteiger partial charge in [-0.3, -0.25) is 0 Å². The summed E-state index contributed by atoms with van der Waals surface area (Å²) in [5.41, 5.74) is -0.598. The number of aryl methyl sites for hydroxylation is 1. The molecule has 0 saturated carbocycles. The maximum Gasteiger partial charge on any atom is 0.460 e. The van der Waals surface area contributed by atoms with Crippen LogP contribution >= 0.6 is 0 Å². The van der Waals surface area contributed by atoms with E-state index in [1.807, 2.05) is 0 Å². The fourth-order valence-corrected chi connectivity index (χ4v) is 3.02. The molecule has 0 heterocycles. The molecule has 0 aliphatic heterocycles. The summed E-state index contributed by atoms with van der Waals surface area (Å²) in [6.07, 6.45) is -12.0. The average molecular weight is 603 g/mol. The first-order chi connectivity index (χ1) is 15.9. The van der Waals surface area contributed by atoms with Gasteiger partial charge in [-0.05, 0) is 24.1 Å². The molecule has 0 spiro atoms. The van der Waals surface area contributed by atoms with Gasteiger partial charge in [0.05, 0.1) is 4.90 Å². The van der Waals surface area contributed by atoms with Gasteiger partial charge in [0.15, 0.2) is 0 Å². The lowest BCUT2D eigenvalue weighted by Crippen LogP contribution is -2.74. The van der Waals surface area contributed by atoms with E-state index in [0.717, 1.165) is 0 Å². The van der Waals surface area contributed by atoms with Crippen molar-refractivity contribution in [2.24, 2.45) is 5.14 Å². The summed E-state index contributed by atoms with van der Waals surface area (Å²) in [7, 11) is -4.37. The molecule has 37 heavy (non-hydrogen) atoms. The molecule has 2 N–H and O–H groups in total. The number of nitrogens with two attached hydrogens (primary N) is 1. The molecule has 0 radical (unpaired) electrons. The monoisotopic (exact) mass is 603 g/mol. The second kappa shape index (κ2) is 9.01. The van der Waals surface area contributed by atoms with Crippen molar-refractivity contribution >= 4 is 10.0 Å². The van der Waals surface area contributed by atoms with Gasteiger partial charge in [0.1, 0.15) is 0 Å². The van der Waals surface area contributed by atoms with Crippen molar-refractivity contribution in [1.82, 2.24) is 0 Å². The quantitative estimate of drug-likeness (QED) is 0.321. The van der Waals surface area contributed by atoms with Gasteiger partial charge in [0.2, 0.25) is 10.0 Å². The molecule has 1 aromatic rings. The third-order valence-electron chi connectivity index (χ3n) is 4.77. The number of sulfonamides is 1. The first-order valence-electron chi connectivity index (χ1n) is 8.76. The average Bonchev–Trinajstić information content (AvgIpc) is 2.70. The summed E-state index contributed by atoms with van der Waals surface area (Å²) in [5, 5.41) is 4.69. The van der Waals surface area contributed by atoms with Crippen LogP contribution in [-0.4, -0.2) is 56.1 Å². The van der Waals surface area contributed by atoms with E-state index in [1.165, 1.54) is 0 Å². The lowest BCUT2D eigenvalue weighted by Gasteiger charge is -2.42. The van der Waals surface area contributed by atoms with Gasteiger partial charge in [0.25, 0.3) is 0 Å². The van der Waals surface area contributed by atoms with Gasteiger partial charge in [-0.15, -0.1) is 0 Å². The van der Waals surface area contributed by atoms with Crippen LogP contribution in [0.1, 0.15) is 12.0 Å². The topological polar surface area (TPSA) is 60.2 Å². The molecule has 0 fully saturated rings. The minimum Gasteiger partial charge on any atom is -0.225 e. The van der Waals surface area contributed by atoms with Crippen LogP contribution in [0.2, 0.25) is 0 Å². The van der Waals surface area contributed by atoms with Crippen molar-refractivity contribution in [3.63, 3.8) is 0 Å². The van der Waals surface area contributed by atoms with E-state index in [-0.39, 0.29) is 0 Å². The van der Waals surface area contributed by atoms with Gasteiger partial charge in [0, 0.05) is 6.42 Å². The van der Waals surface area contributed by atoms with Gasteiger partial charge in [-0.2, -0.15) is 74.6 Å². The molecular formula is C16H10F17NO2S. The minimum absolute atomic E-state index is 0.577. The maximum atomic E-state index is 13.8. The van der Waals surface area contributed by atoms with Crippen LogP contribution in [0.3, 0.4) is 0 Å². The predicted molar refractivity (Wildman–Crippen MR) is 86.8 cm³/mol. The highest BCUT2D eigenvalue weighted by atomic mass is 32.2. The van der Waals surface area contributed by atoms with Crippen molar-refractivity contribution in [1.29, 1.82) is 0 Å². The highest BCUT2D eigenvalue weighted by Gasteiger charge is 2.95. The number of alkyl halides is 17. The zero-order valence-corrected chi connectivity index (χ0v) is 17.8. The summed E-state index contributed by atoms with van der Waals surface area (Å²) in [4.78, 5) is -0.682. The van der Waals surface area contributed by atoms with Crippen molar-refractivity contribution in [3.8, 4) is 0 Å². The Kier molecular flexibility index (Phi) is 8.03. The smallest absolute Gasteiger partial charge is 0.225 e. The third-order valence-corrected chi connectivity index (χ3v) is 5.70. The second-order valence-electron chi connectivity index (χ2n) is 7.34. The Morgan fingerprint density at radius 2 is 0.865 bits per heavy atom. The standard InChI is InChI=1S/C16H10F17NO2S/c17-9(18,6-5-7-1-3-8(4-2-7)37(34,35)36)10(19,20)11(21,22)12(23,24)13(25,26)14(27,28)15(29,30)16(31,32)33/h1-4H,5-6H2,(H2,34,35,36). The molecule has 3 nitrogen and oxygen atoms in total. The molecule has 0 unspecified atom stereocenters. The first-order valence-corrected chi connectivity index (χ1v) is 10.3. The van der Waals surface area contributed by atoms with Gasteiger partial charge < -0.3 is 0 Å². The SMILES string of the molecule is NS(=O)(=O)c1ccc(CCC(F)(F)C(F)(F)C(F)(F)C(F)(F)C(F)(F)C(F)(F)C(F)(F)C(F)(F)F)cc1. The van der Waals surface area contributed by atoms with Crippen LogP contribution in [0.5, 0.6) is 0 Å². The molecule has 21 heteroatoms. The van der Waals surface area contributed by atoms with Crippen LogP contribution in [0.4, 0.5) is 74.6 Å². The van der Waals surface area contributed by atoms with E-state index in [1.54, 1.807) is 0 Å². The van der Waals surface area contributed by atoms with Crippen LogP contribution in [0.15, 0.2) is 29.2 Å². The Morgan fingerprint density at radius 3 is 1.19 bits per heavy atom. The Balaban J connectivity index is 3.42. The molecular weight excluding hydrogens is 593 g/mol. The molecule has 0 amide bonds. The van der Waals surface area contributed by atoms with Crippen LogP contribution in [0.25, 0.3) is 0 Å². The molecule has 0 aromatic heterocycles. The Labute approximate surface area is 194 Å². The minimum atomic E-state index is -8.68.